The van der Waals surface area contributed by atoms with E-state index in [1.54, 1.807) is 30.3 Å². The highest BCUT2D eigenvalue weighted by Gasteiger charge is 2.23. The Hall–Kier alpha value is -3.08. The van der Waals surface area contributed by atoms with Crippen LogP contribution >= 0.6 is 0 Å². The maximum Gasteiger partial charge on any atom is 0.346 e. The molecule has 0 unspecified atom stereocenters. The molecule has 5 nitrogen and oxygen atoms in total. The maximum absolute atomic E-state index is 12.4. The normalized spacial score (nSPS) is 9.86. The summed E-state index contributed by atoms with van der Waals surface area (Å²) < 4.78 is 9.69. The Morgan fingerprint density at radius 3 is 2.32 bits per heavy atom. The number of hydrogen-bond acceptors (Lipinski definition) is 5. The molecule has 0 fully saturated rings. The molecule has 112 valence electrons. The second kappa shape index (κ2) is 6.58. The highest BCUT2D eigenvalue weighted by Crippen LogP contribution is 2.35. The van der Waals surface area contributed by atoms with Crippen molar-refractivity contribution < 1.29 is 24.2 Å². The van der Waals surface area contributed by atoms with Crippen molar-refractivity contribution in [1.29, 1.82) is 0 Å². The van der Waals surface area contributed by atoms with Crippen molar-refractivity contribution in [3.05, 3.63) is 72.0 Å². The van der Waals surface area contributed by atoms with Crippen LogP contribution in [0.2, 0.25) is 0 Å². The lowest BCUT2D eigenvalue weighted by Gasteiger charge is -2.12. The summed E-state index contributed by atoms with van der Waals surface area (Å²) in [4.78, 5) is 24.2. The first kappa shape index (κ1) is 15.3. The minimum absolute atomic E-state index is 0.00418. The van der Waals surface area contributed by atoms with Crippen LogP contribution in [-0.2, 0) is 4.74 Å². The standard InChI is InChI=1S/C17H14O5/c1-3-22-17(20)13-10-9-12(15(19)16(13)21-2)14(18)11-7-5-4-6-8-11/h3-10,19H,1H2,2H3. The van der Waals surface area contributed by atoms with E-state index >= 15 is 0 Å². The van der Waals surface area contributed by atoms with Gasteiger partial charge in [0.05, 0.1) is 18.9 Å². The van der Waals surface area contributed by atoms with Crippen molar-refractivity contribution in [2.75, 3.05) is 7.11 Å². The molecule has 0 spiro atoms. The van der Waals surface area contributed by atoms with Crippen molar-refractivity contribution in [2.24, 2.45) is 0 Å². The third-order valence-corrected chi connectivity index (χ3v) is 3.03. The van der Waals surface area contributed by atoms with E-state index < -0.39 is 11.7 Å². The number of rotatable bonds is 5. The molecule has 0 aromatic heterocycles. The monoisotopic (exact) mass is 298 g/mol. The number of phenolic OH excluding ortho intramolecular Hbond substituents is 1. The average Bonchev–Trinajstić information content (AvgIpc) is 2.55. The maximum atomic E-state index is 12.4. The van der Waals surface area contributed by atoms with Gasteiger partial charge in [-0.05, 0) is 12.1 Å². The minimum Gasteiger partial charge on any atom is -0.504 e. The second-order valence-electron chi connectivity index (χ2n) is 4.31. The van der Waals surface area contributed by atoms with Crippen molar-refractivity contribution in [3.63, 3.8) is 0 Å². The first-order chi connectivity index (χ1) is 10.6. The lowest BCUT2D eigenvalue weighted by molar-refractivity contribution is 0.0659. The summed E-state index contributed by atoms with van der Waals surface area (Å²) in [5.41, 5.74) is 0.462. The van der Waals surface area contributed by atoms with Crippen molar-refractivity contribution in [3.8, 4) is 11.5 Å². The first-order valence-electron chi connectivity index (χ1n) is 6.41. The fraction of sp³-hybridized carbons (Fsp3) is 0.0588. The summed E-state index contributed by atoms with van der Waals surface area (Å²) in [6, 6.07) is 11.2. The van der Waals surface area contributed by atoms with Crippen molar-refractivity contribution >= 4 is 11.8 Å². The van der Waals surface area contributed by atoms with Gasteiger partial charge in [-0.2, -0.15) is 0 Å². The van der Waals surface area contributed by atoms with E-state index in [0.29, 0.717) is 5.56 Å². The van der Waals surface area contributed by atoms with Gasteiger partial charge in [0.15, 0.2) is 17.3 Å². The molecule has 0 saturated carbocycles. The summed E-state index contributed by atoms with van der Waals surface area (Å²) >= 11 is 0. The van der Waals surface area contributed by atoms with E-state index in [1.807, 2.05) is 0 Å². The molecule has 0 radical (unpaired) electrons. The van der Waals surface area contributed by atoms with Crippen LogP contribution in [0.25, 0.3) is 0 Å². The molecule has 0 amide bonds. The molecule has 0 aliphatic heterocycles. The first-order valence-corrected chi connectivity index (χ1v) is 6.41. The quantitative estimate of drug-likeness (QED) is 0.522. The van der Waals surface area contributed by atoms with E-state index in [4.69, 9.17) is 4.74 Å². The number of hydrogen-bond donors (Lipinski definition) is 1. The van der Waals surface area contributed by atoms with Gasteiger partial charge in [0.2, 0.25) is 0 Å². The zero-order chi connectivity index (χ0) is 16.1. The zero-order valence-electron chi connectivity index (χ0n) is 11.9. The summed E-state index contributed by atoms with van der Waals surface area (Å²) in [7, 11) is 1.29. The summed E-state index contributed by atoms with van der Waals surface area (Å²) in [6.07, 6.45) is 0.974. The average molecular weight is 298 g/mol. The molecule has 22 heavy (non-hydrogen) atoms. The van der Waals surface area contributed by atoms with Crippen LogP contribution in [0.4, 0.5) is 0 Å². The molecule has 0 bridgehead atoms. The Kier molecular flexibility index (Phi) is 4.58. The molecule has 1 N–H and O–H groups in total. The number of methoxy groups -OCH3 is 1. The summed E-state index contributed by atoms with van der Waals surface area (Å²) in [5, 5.41) is 10.2. The van der Waals surface area contributed by atoms with Crippen LogP contribution in [0, 0.1) is 0 Å². The number of ketones is 1. The van der Waals surface area contributed by atoms with E-state index in [2.05, 4.69) is 11.3 Å². The molecule has 0 atom stereocenters. The van der Waals surface area contributed by atoms with Gasteiger partial charge in [0, 0.05) is 5.56 Å². The van der Waals surface area contributed by atoms with Gasteiger partial charge in [-0.25, -0.2) is 4.79 Å². The lowest BCUT2D eigenvalue weighted by Crippen LogP contribution is -2.07. The van der Waals surface area contributed by atoms with Crippen LogP contribution in [-0.4, -0.2) is 24.0 Å². The predicted octanol–water partition coefficient (Wildman–Crippen LogP) is 2.93. The Bertz CT molecular complexity index is 719. The minimum atomic E-state index is -0.735. The number of ether oxygens (including phenoxy) is 2. The van der Waals surface area contributed by atoms with Crippen LogP contribution in [0.1, 0.15) is 26.3 Å². The highest BCUT2D eigenvalue weighted by molar-refractivity contribution is 6.12. The Labute approximate surface area is 127 Å². The molecule has 2 aromatic rings. The third kappa shape index (κ3) is 2.83. The fourth-order valence-corrected chi connectivity index (χ4v) is 2.01. The Balaban J connectivity index is 2.49. The van der Waals surface area contributed by atoms with Crippen LogP contribution in [0.3, 0.4) is 0 Å². The second-order valence-corrected chi connectivity index (χ2v) is 4.31. The van der Waals surface area contributed by atoms with E-state index in [-0.39, 0.29) is 22.7 Å². The Morgan fingerprint density at radius 2 is 1.73 bits per heavy atom. The summed E-state index contributed by atoms with van der Waals surface area (Å²) in [6.45, 7) is 3.29. The lowest BCUT2D eigenvalue weighted by atomic mass is 10.00. The van der Waals surface area contributed by atoms with E-state index in [9.17, 15) is 14.7 Å². The van der Waals surface area contributed by atoms with Crippen molar-refractivity contribution in [1.82, 2.24) is 0 Å². The fourth-order valence-electron chi connectivity index (χ4n) is 2.01. The van der Waals surface area contributed by atoms with Gasteiger partial charge in [-0.3, -0.25) is 4.79 Å². The number of esters is 1. The number of carbonyl (C=O) groups is 2. The molecule has 2 aromatic carbocycles. The smallest absolute Gasteiger partial charge is 0.346 e. The van der Waals surface area contributed by atoms with Gasteiger partial charge < -0.3 is 14.6 Å². The SMILES string of the molecule is C=COC(=O)c1ccc(C(=O)c2ccccc2)c(O)c1OC. The number of phenols is 1. The van der Waals surface area contributed by atoms with Gasteiger partial charge in [-0.15, -0.1) is 0 Å². The predicted molar refractivity (Wildman–Crippen MR) is 80.1 cm³/mol. The third-order valence-electron chi connectivity index (χ3n) is 3.03. The van der Waals surface area contributed by atoms with Gasteiger partial charge in [-0.1, -0.05) is 36.9 Å². The molecule has 0 heterocycles. The number of carbonyl (C=O) groups excluding carboxylic acids is 2. The molecule has 0 saturated heterocycles. The van der Waals surface area contributed by atoms with Gasteiger partial charge in [0.1, 0.15) is 5.56 Å². The zero-order valence-corrected chi connectivity index (χ0v) is 11.9. The van der Waals surface area contributed by atoms with Crippen molar-refractivity contribution in [2.45, 2.75) is 0 Å². The van der Waals surface area contributed by atoms with Crippen LogP contribution in [0.15, 0.2) is 55.3 Å². The topological polar surface area (TPSA) is 72.8 Å². The van der Waals surface area contributed by atoms with Crippen LogP contribution in [0.5, 0.6) is 11.5 Å². The molecular formula is C17H14O5. The number of benzene rings is 2. The highest BCUT2D eigenvalue weighted by atomic mass is 16.5. The Morgan fingerprint density at radius 1 is 1.09 bits per heavy atom. The molecule has 2 rings (SSSR count). The van der Waals surface area contributed by atoms with E-state index in [0.717, 1.165) is 6.26 Å². The molecule has 5 heteroatoms. The summed E-state index contributed by atoms with van der Waals surface area (Å²) in [5.74, 6) is -1.63. The van der Waals surface area contributed by atoms with Crippen LogP contribution < -0.4 is 4.74 Å². The largest absolute Gasteiger partial charge is 0.504 e. The van der Waals surface area contributed by atoms with Gasteiger partial charge in [0.25, 0.3) is 0 Å². The molecule has 0 aliphatic carbocycles. The molecule has 0 aliphatic rings. The number of aromatic hydroxyl groups is 1. The van der Waals surface area contributed by atoms with E-state index in [1.165, 1.54) is 19.2 Å². The molecular weight excluding hydrogens is 284 g/mol. The van der Waals surface area contributed by atoms with Gasteiger partial charge >= 0.3 is 5.97 Å².